The van der Waals surface area contributed by atoms with Crippen molar-refractivity contribution < 1.29 is 0 Å². The molecule has 1 aromatic heterocycles. The van der Waals surface area contributed by atoms with Crippen LogP contribution in [0.1, 0.15) is 36.3 Å². The van der Waals surface area contributed by atoms with Crippen molar-refractivity contribution in [3.8, 4) is 0 Å². The number of aromatic amines is 1. The first-order valence-corrected chi connectivity index (χ1v) is 5.96. The Hall–Kier alpha value is -1.16. The van der Waals surface area contributed by atoms with E-state index in [1.807, 2.05) is 13.8 Å². The first-order chi connectivity index (χ1) is 7.66. The SMILES string of the molecule is Cc1nc(CC2CCCCN2)c(C)c(=O)[nH]1. The molecule has 0 radical (unpaired) electrons. The maximum atomic E-state index is 11.6. The van der Waals surface area contributed by atoms with Crippen LogP contribution in [0.25, 0.3) is 0 Å². The molecule has 1 aliphatic rings. The number of hydrogen-bond donors (Lipinski definition) is 2. The van der Waals surface area contributed by atoms with Gasteiger partial charge in [-0.05, 0) is 33.2 Å². The molecule has 0 aliphatic carbocycles. The van der Waals surface area contributed by atoms with E-state index in [0.717, 1.165) is 24.2 Å². The van der Waals surface area contributed by atoms with Crippen LogP contribution in [0.2, 0.25) is 0 Å². The minimum absolute atomic E-state index is 0.00157. The van der Waals surface area contributed by atoms with Gasteiger partial charge in [0.15, 0.2) is 0 Å². The molecule has 2 heterocycles. The Kier molecular flexibility index (Phi) is 3.39. The molecular weight excluding hydrogens is 202 g/mol. The number of nitrogens with one attached hydrogen (secondary N) is 2. The van der Waals surface area contributed by atoms with Gasteiger partial charge in [-0.2, -0.15) is 0 Å². The van der Waals surface area contributed by atoms with Gasteiger partial charge in [0, 0.05) is 18.0 Å². The van der Waals surface area contributed by atoms with Crippen molar-refractivity contribution in [2.75, 3.05) is 6.54 Å². The molecule has 0 bridgehead atoms. The molecule has 1 aliphatic heterocycles. The summed E-state index contributed by atoms with van der Waals surface area (Å²) in [6.45, 7) is 4.77. The Morgan fingerprint density at radius 1 is 1.38 bits per heavy atom. The summed E-state index contributed by atoms with van der Waals surface area (Å²) in [6.07, 6.45) is 4.60. The van der Waals surface area contributed by atoms with Gasteiger partial charge in [0.25, 0.3) is 5.56 Å². The molecule has 0 spiro atoms. The van der Waals surface area contributed by atoms with Crippen LogP contribution in [0.15, 0.2) is 4.79 Å². The van der Waals surface area contributed by atoms with Gasteiger partial charge in [-0.3, -0.25) is 4.79 Å². The van der Waals surface area contributed by atoms with Crippen LogP contribution in [0.5, 0.6) is 0 Å². The summed E-state index contributed by atoms with van der Waals surface area (Å²) in [6, 6.07) is 0.487. The van der Waals surface area contributed by atoms with Crippen molar-refractivity contribution in [3.05, 3.63) is 27.4 Å². The highest BCUT2D eigenvalue weighted by Crippen LogP contribution is 2.12. The summed E-state index contributed by atoms with van der Waals surface area (Å²) in [5.41, 5.74) is 1.71. The van der Waals surface area contributed by atoms with Crippen LogP contribution in [-0.2, 0) is 6.42 Å². The largest absolute Gasteiger partial charge is 0.314 e. The summed E-state index contributed by atoms with van der Waals surface area (Å²) < 4.78 is 0. The standard InChI is InChI=1S/C12H19N3O/c1-8-11(14-9(2)15-12(8)16)7-10-5-3-4-6-13-10/h10,13H,3-7H2,1-2H3,(H,14,15,16). The number of rotatable bonds is 2. The Morgan fingerprint density at radius 2 is 2.19 bits per heavy atom. The fourth-order valence-electron chi connectivity index (χ4n) is 2.23. The van der Waals surface area contributed by atoms with E-state index >= 15 is 0 Å². The number of hydrogen-bond acceptors (Lipinski definition) is 3. The van der Waals surface area contributed by atoms with Gasteiger partial charge in [-0.15, -0.1) is 0 Å². The number of H-pyrrole nitrogens is 1. The first-order valence-electron chi connectivity index (χ1n) is 5.96. The van der Waals surface area contributed by atoms with Crippen molar-refractivity contribution in [2.24, 2.45) is 0 Å². The molecular formula is C12H19N3O. The zero-order chi connectivity index (χ0) is 11.5. The molecule has 2 N–H and O–H groups in total. The van der Waals surface area contributed by atoms with Crippen molar-refractivity contribution in [1.29, 1.82) is 0 Å². The van der Waals surface area contributed by atoms with Gasteiger partial charge in [0.1, 0.15) is 5.82 Å². The van der Waals surface area contributed by atoms with Crippen LogP contribution in [-0.4, -0.2) is 22.6 Å². The Morgan fingerprint density at radius 3 is 2.88 bits per heavy atom. The summed E-state index contributed by atoms with van der Waals surface area (Å²) >= 11 is 0. The maximum absolute atomic E-state index is 11.6. The molecule has 0 aromatic carbocycles. The third-order valence-electron chi connectivity index (χ3n) is 3.22. The van der Waals surface area contributed by atoms with Gasteiger partial charge in [-0.25, -0.2) is 4.98 Å². The molecule has 1 aromatic rings. The predicted molar refractivity (Wildman–Crippen MR) is 63.7 cm³/mol. The lowest BCUT2D eigenvalue weighted by Crippen LogP contribution is -2.36. The monoisotopic (exact) mass is 221 g/mol. The molecule has 1 atom stereocenters. The zero-order valence-corrected chi connectivity index (χ0v) is 9.97. The molecule has 1 saturated heterocycles. The molecule has 0 amide bonds. The van der Waals surface area contributed by atoms with Crippen molar-refractivity contribution in [3.63, 3.8) is 0 Å². The fraction of sp³-hybridized carbons (Fsp3) is 0.667. The molecule has 2 rings (SSSR count). The second-order valence-corrected chi connectivity index (χ2v) is 4.57. The smallest absolute Gasteiger partial charge is 0.254 e. The minimum Gasteiger partial charge on any atom is -0.314 e. The van der Waals surface area contributed by atoms with E-state index in [1.54, 1.807) is 0 Å². The second-order valence-electron chi connectivity index (χ2n) is 4.57. The van der Waals surface area contributed by atoms with E-state index in [9.17, 15) is 4.79 Å². The summed E-state index contributed by atoms with van der Waals surface area (Å²) in [5, 5.41) is 3.48. The molecule has 16 heavy (non-hydrogen) atoms. The predicted octanol–water partition coefficient (Wildman–Crippen LogP) is 1.07. The Labute approximate surface area is 95.5 Å². The summed E-state index contributed by atoms with van der Waals surface area (Å²) in [4.78, 5) is 18.7. The van der Waals surface area contributed by atoms with E-state index in [2.05, 4.69) is 15.3 Å². The number of piperidine rings is 1. The lowest BCUT2D eigenvalue weighted by Gasteiger charge is -2.23. The average Bonchev–Trinajstić information content (AvgIpc) is 2.27. The highest BCUT2D eigenvalue weighted by molar-refractivity contribution is 5.17. The maximum Gasteiger partial charge on any atom is 0.254 e. The van der Waals surface area contributed by atoms with Crippen LogP contribution >= 0.6 is 0 Å². The zero-order valence-electron chi connectivity index (χ0n) is 9.97. The van der Waals surface area contributed by atoms with E-state index in [0.29, 0.717) is 11.9 Å². The molecule has 1 fully saturated rings. The second kappa shape index (κ2) is 4.78. The van der Waals surface area contributed by atoms with E-state index in [4.69, 9.17) is 0 Å². The molecule has 0 saturated carbocycles. The van der Waals surface area contributed by atoms with Gasteiger partial charge >= 0.3 is 0 Å². The lowest BCUT2D eigenvalue weighted by molar-refractivity contribution is 0.396. The van der Waals surface area contributed by atoms with Gasteiger partial charge in [0.2, 0.25) is 0 Å². The third kappa shape index (κ3) is 2.50. The number of aryl methyl sites for hydroxylation is 1. The van der Waals surface area contributed by atoms with Crippen LogP contribution in [0.3, 0.4) is 0 Å². The van der Waals surface area contributed by atoms with Crippen LogP contribution in [0, 0.1) is 13.8 Å². The summed E-state index contributed by atoms with van der Waals surface area (Å²) in [7, 11) is 0. The molecule has 4 heteroatoms. The molecule has 4 nitrogen and oxygen atoms in total. The third-order valence-corrected chi connectivity index (χ3v) is 3.22. The van der Waals surface area contributed by atoms with Crippen molar-refractivity contribution in [2.45, 2.75) is 45.6 Å². The summed E-state index contributed by atoms with van der Waals surface area (Å²) in [5.74, 6) is 0.710. The molecule has 88 valence electrons. The van der Waals surface area contributed by atoms with Crippen LogP contribution < -0.4 is 10.9 Å². The van der Waals surface area contributed by atoms with Crippen molar-refractivity contribution >= 4 is 0 Å². The Bertz CT molecular complexity index is 419. The molecule has 1 unspecified atom stereocenters. The highest BCUT2D eigenvalue weighted by atomic mass is 16.1. The quantitative estimate of drug-likeness (QED) is 0.785. The van der Waals surface area contributed by atoms with E-state index < -0.39 is 0 Å². The lowest BCUT2D eigenvalue weighted by atomic mass is 9.99. The topological polar surface area (TPSA) is 57.8 Å². The van der Waals surface area contributed by atoms with Gasteiger partial charge in [0.05, 0.1) is 5.69 Å². The Balaban J connectivity index is 2.16. The normalized spacial score (nSPS) is 21.0. The number of nitrogens with zero attached hydrogens (tertiary/aromatic N) is 1. The van der Waals surface area contributed by atoms with Gasteiger partial charge in [-0.1, -0.05) is 6.42 Å². The average molecular weight is 221 g/mol. The first kappa shape index (κ1) is 11.3. The number of aromatic nitrogens is 2. The van der Waals surface area contributed by atoms with Gasteiger partial charge < -0.3 is 10.3 Å². The van der Waals surface area contributed by atoms with E-state index in [-0.39, 0.29) is 5.56 Å². The van der Waals surface area contributed by atoms with E-state index in [1.165, 1.54) is 19.3 Å². The minimum atomic E-state index is -0.00157. The van der Waals surface area contributed by atoms with Crippen LogP contribution in [0.4, 0.5) is 0 Å². The van der Waals surface area contributed by atoms with Crippen molar-refractivity contribution in [1.82, 2.24) is 15.3 Å². The fourth-order valence-corrected chi connectivity index (χ4v) is 2.23. The highest BCUT2D eigenvalue weighted by Gasteiger charge is 2.16.